The van der Waals surface area contributed by atoms with Crippen molar-refractivity contribution in [3.05, 3.63) is 47.5 Å². The fourth-order valence-corrected chi connectivity index (χ4v) is 4.12. The number of nitrogens with one attached hydrogen (secondary N) is 1. The summed E-state index contributed by atoms with van der Waals surface area (Å²) < 4.78 is 46.2. The van der Waals surface area contributed by atoms with E-state index >= 15 is 0 Å². The molecule has 3 nitrogen and oxygen atoms in total. The number of benzene rings is 2. The van der Waals surface area contributed by atoms with Crippen LogP contribution in [-0.4, -0.2) is 32.8 Å². The minimum atomic E-state index is -4.44. The summed E-state index contributed by atoms with van der Waals surface area (Å²) in [6.45, 7) is 2.60. The van der Waals surface area contributed by atoms with Crippen LogP contribution < -0.4 is 15.0 Å². The summed E-state index contributed by atoms with van der Waals surface area (Å²) in [7, 11) is 1.38. The maximum absolute atomic E-state index is 13.7. The molecule has 0 saturated carbocycles. The highest BCUT2D eigenvalue weighted by Crippen LogP contribution is 2.46. The lowest BCUT2D eigenvalue weighted by molar-refractivity contribution is -0.137. The summed E-state index contributed by atoms with van der Waals surface area (Å²) in [6, 6.07) is 10.3. The van der Waals surface area contributed by atoms with Crippen molar-refractivity contribution in [2.24, 2.45) is 0 Å². The Hall–Kier alpha value is -2.21. The lowest BCUT2D eigenvalue weighted by Gasteiger charge is -2.27. The zero-order chi connectivity index (χ0) is 18.3. The Morgan fingerprint density at radius 3 is 2.73 bits per heavy atom. The molecule has 2 heterocycles. The number of hydrogen-bond acceptors (Lipinski definition) is 3. The molecular formula is C20H21F3N2O. The summed E-state index contributed by atoms with van der Waals surface area (Å²) in [5.41, 5.74) is 2.31. The van der Waals surface area contributed by atoms with Crippen molar-refractivity contribution in [3.8, 4) is 16.9 Å². The molecule has 4 rings (SSSR count). The predicted octanol–water partition coefficient (Wildman–Crippen LogP) is 4.11. The average molecular weight is 362 g/mol. The lowest BCUT2D eigenvalue weighted by Crippen LogP contribution is -2.33. The number of alkyl halides is 3. The summed E-state index contributed by atoms with van der Waals surface area (Å²) in [6.07, 6.45) is -2.55. The minimum absolute atomic E-state index is 0.213. The van der Waals surface area contributed by atoms with E-state index in [1.807, 2.05) is 12.1 Å². The zero-order valence-corrected chi connectivity index (χ0v) is 14.6. The first-order valence-corrected chi connectivity index (χ1v) is 8.84. The molecule has 0 aliphatic carbocycles. The number of ether oxygens (including phenoxy) is 1. The third kappa shape index (κ3) is 2.92. The number of hydrogen-bond donors (Lipinski definition) is 1. The van der Waals surface area contributed by atoms with Crippen LogP contribution in [-0.2, 0) is 12.6 Å². The van der Waals surface area contributed by atoms with Crippen LogP contribution in [0.15, 0.2) is 36.4 Å². The van der Waals surface area contributed by atoms with Crippen LogP contribution in [0.5, 0.6) is 5.75 Å². The Kier molecular flexibility index (Phi) is 4.31. The first kappa shape index (κ1) is 17.2. The smallest absolute Gasteiger partial charge is 0.417 e. The quantitative estimate of drug-likeness (QED) is 0.870. The molecule has 1 fully saturated rings. The van der Waals surface area contributed by atoms with E-state index in [4.69, 9.17) is 4.74 Å². The van der Waals surface area contributed by atoms with E-state index in [9.17, 15) is 13.2 Å². The number of halogens is 3. The molecule has 1 saturated heterocycles. The van der Waals surface area contributed by atoms with Gasteiger partial charge >= 0.3 is 6.18 Å². The molecule has 0 bridgehead atoms. The summed E-state index contributed by atoms with van der Waals surface area (Å²) in [5, 5.41) is 3.38. The van der Waals surface area contributed by atoms with Gasteiger partial charge in [-0.15, -0.1) is 0 Å². The highest BCUT2D eigenvalue weighted by molar-refractivity contribution is 5.85. The zero-order valence-electron chi connectivity index (χ0n) is 14.6. The molecule has 26 heavy (non-hydrogen) atoms. The lowest BCUT2D eigenvalue weighted by atomic mass is 9.95. The number of fused-ring (bicyclic) bond motifs is 3. The molecule has 138 valence electrons. The monoisotopic (exact) mass is 362 g/mol. The molecule has 1 atom stereocenters. The third-order valence-corrected chi connectivity index (χ3v) is 5.31. The molecule has 2 aromatic carbocycles. The normalized spacial score (nSPS) is 19.7. The maximum Gasteiger partial charge on any atom is 0.417 e. The van der Waals surface area contributed by atoms with Crippen LogP contribution in [0.2, 0.25) is 0 Å². The Labute approximate surface area is 150 Å². The largest absolute Gasteiger partial charge is 0.497 e. The van der Waals surface area contributed by atoms with Crippen LogP contribution in [0, 0.1) is 0 Å². The SMILES string of the molecule is COc1ccc(-c2cccc3c2N2CCNCCC2C3)c(C(F)(F)F)c1. The highest BCUT2D eigenvalue weighted by atomic mass is 19.4. The molecule has 0 aromatic heterocycles. The van der Waals surface area contributed by atoms with Crippen LogP contribution in [0.3, 0.4) is 0 Å². The molecule has 1 N–H and O–H groups in total. The maximum atomic E-state index is 13.7. The standard InChI is InChI=1S/C20H21F3N2O/c1-26-15-5-6-16(18(12-15)20(21,22)23)17-4-2-3-13-11-14-7-8-24-9-10-25(14)19(13)17/h2-6,12,14,24H,7-11H2,1H3. The van der Waals surface area contributed by atoms with Gasteiger partial charge in [0.05, 0.1) is 12.7 Å². The van der Waals surface area contributed by atoms with Gasteiger partial charge in [-0.3, -0.25) is 0 Å². The molecular weight excluding hydrogens is 341 g/mol. The number of nitrogens with zero attached hydrogens (tertiary/aromatic N) is 1. The second-order valence-electron chi connectivity index (χ2n) is 6.81. The second kappa shape index (κ2) is 6.50. The molecule has 6 heteroatoms. The number of anilines is 1. The predicted molar refractivity (Wildman–Crippen MR) is 95.8 cm³/mol. The summed E-state index contributed by atoms with van der Waals surface area (Å²) in [5.74, 6) is 0.213. The van der Waals surface area contributed by atoms with Crippen LogP contribution in [0.25, 0.3) is 11.1 Å². The van der Waals surface area contributed by atoms with Crippen molar-refractivity contribution in [2.75, 3.05) is 31.6 Å². The Bertz CT molecular complexity index is 819. The topological polar surface area (TPSA) is 24.5 Å². The average Bonchev–Trinajstić information content (AvgIpc) is 2.82. The van der Waals surface area contributed by atoms with Crippen molar-refractivity contribution in [2.45, 2.75) is 25.1 Å². The van der Waals surface area contributed by atoms with E-state index in [0.29, 0.717) is 11.6 Å². The Morgan fingerprint density at radius 2 is 1.96 bits per heavy atom. The minimum Gasteiger partial charge on any atom is -0.497 e. The van der Waals surface area contributed by atoms with E-state index in [-0.39, 0.29) is 11.3 Å². The fourth-order valence-electron chi connectivity index (χ4n) is 4.12. The Balaban J connectivity index is 1.88. The number of methoxy groups -OCH3 is 1. The van der Waals surface area contributed by atoms with Crippen LogP contribution in [0.4, 0.5) is 18.9 Å². The highest BCUT2D eigenvalue weighted by Gasteiger charge is 2.37. The molecule has 1 unspecified atom stereocenters. The van der Waals surface area contributed by atoms with Gasteiger partial charge in [0.2, 0.25) is 0 Å². The van der Waals surface area contributed by atoms with Crippen LogP contribution >= 0.6 is 0 Å². The van der Waals surface area contributed by atoms with E-state index in [1.54, 1.807) is 12.1 Å². The van der Waals surface area contributed by atoms with Gasteiger partial charge in [-0.05, 0) is 42.6 Å². The van der Waals surface area contributed by atoms with Crippen molar-refractivity contribution in [3.63, 3.8) is 0 Å². The van der Waals surface area contributed by atoms with Crippen molar-refractivity contribution in [1.29, 1.82) is 0 Å². The van der Waals surface area contributed by atoms with Gasteiger partial charge in [0.25, 0.3) is 0 Å². The van der Waals surface area contributed by atoms with E-state index in [1.165, 1.54) is 13.2 Å². The first-order chi connectivity index (χ1) is 12.5. The van der Waals surface area contributed by atoms with Gasteiger partial charge < -0.3 is 15.0 Å². The number of para-hydroxylation sites is 1. The van der Waals surface area contributed by atoms with Crippen molar-refractivity contribution < 1.29 is 17.9 Å². The molecule has 0 spiro atoms. The Morgan fingerprint density at radius 1 is 1.12 bits per heavy atom. The molecule has 2 aliphatic heterocycles. The van der Waals surface area contributed by atoms with Gasteiger partial charge in [0, 0.05) is 30.4 Å². The fraction of sp³-hybridized carbons (Fsp3) is 0.400. The van der Waals surface area contributed by atoms with E-state index < -0.39 is 11.7 Å². The van der Waals surface area contributed by atoms with E-state index in [2.05, 4.69) is 10.2 Å². The second-order valence-corrected chi connectivity index (χ2v) is 6.81. The molecule has 0 radical (unpaired) electrons. The molecule has 2 aromatic rings. The van der Waals surface area contributed by atoms with Gasteiger partial charge in [0.1, 0.15) is 5.75 Å². The number of rotatable bonds is 2. The molecule has 2 aliphatic rings. The summed E-state index contributed by atoms with van der Waals surface area (Å²) in [4.78, 5) is 2.29. The van der Waals surface area contributed by atoms with Gasteiger partial charge in [-0.2, -0.15) is 13.2 Å². The summed E-state index contributed by atoms with van der Waals surface area (Å²) >= 11 is 0. The van der Waals surface area contributed by atoms with Gasteiger partial charge in [0.15, 0.2) is 0 Å². The van der Waals surface area contributed by atoms with Gasteiger partial charge in [-0.1, -0.05) is 24.3 Å². The van der Waals surface area contributed by atoms with Crippen molar-refractivity contribution >= 4 is 5.69 Å². The van der Waals surface area contributed by atoms with Crippen LogP contribution in [0.1, 0.15) is 17.5 Å². The van der Waals surface area contributed by atoms with E-state index in [0.717, 1.165) is 49.8 Å². The first-order valence-electron chi connectivity index (χ1n) is 8.84. The van der Waals surface area contributed by atoms with Crippen molar-refractivity contribution in [1.82, 2.24) is 5.32 Å². The third-order valence-electron chi connectivity index (χ3n) is 5.31. The molecule has 0 amide bonds. The van der Waals surface area contributed by atoms with Gasteiger partial charge in [-0.25, -0.2) is 0 Å².